The van der Waals surface area contributed by atoms with Crippen LogP contribution in [0.2, 0.25) is 0 Å². The van der Waals surface area contributed by atoms with Crippen LogP contribution in [0.25, 0.3) is 0 Å². The molecule has 0 amide bonds. The summed E-state index contributed by atoms with van der Waals surface area (Å²) in [5, 5.41) is 0. The molecule has 1 fully saturated rings. The number of esters is 1. The lowest BCUT2D eigenvalue weighted by Crippen LogP contribution is -2.49. The molecule has 3 nitrogen and oxygen atoms in total. The van der Waals surface area contributed by atoms with Gasteiger partial charge in [-0.25, -0.2) is 0 Å². The lowest BCUT2D eigenvalue weighted by Gasteiger charge is -2.43. The van der Waals surface area contributed by atoms with Gasteiger partial charge < -0.3 is 9.64 Å². The van der Waals surface area contributed by atoms with Crippen LogP contribution in [0.15, 0.2) is 121 Å². The average Bonchev–Trinajstić information content (AvgIpc) is 3.00. The fraction of sp³-hybridized carbons (Fsp3) is 0.306. The van der Waals surface area contributed by atoms with Crippen molar-refractivity contribution >= 4 is 18.4 Å². The van der Waals surface area contributed by atoms with Gasteiger partial charge in [-0.15, -0.1) is 12.4 Å². The second-order valence-electron chi connectivity index (χ2n) is 10.8. The molecule has 0 radical (unpaired) electrons. The van der Waals surface area contributed by atoms with E-state index < -0.39 is 5.60 Å². The van der Waals surface area contributed by atoms with Crippen LogP contribution in [0.5, 0.6) is 0 Å². The summed E-state index contributed by atoms with van der Waals surface area (Å²) in [6, 6.07) is 43.3. The van der Waals surface area contributed by atoms with Crippen LogP contribution in [0.1, 0.15) is 54.9 Å². The van der Waals surface area contributed by atoms with E-state index in [1.54, 1.807) is 0 Å². The van der Waals surface area contributed by atoms with Gasteiger partial charge in [0.15, 0.2) is 0 Å². The maximum atomic E-state index is 12.4. The van der Waals surface area contributed by atoms with Crippen LogP contribution < -0.4 is 0 Å². The summed E-state index contributed by atoms with van der Waals surface area (Å²) in [6.45, 7) is 4.67. The standard InChI is InChI=1S/C36H39NO2.ClH/c1-2-34(38)39-35(29-30-15-7-3-8-16-30)23-26-37(27-24-35)28-25-36(31-17-9-4-10-18-31,32-19-11-5-12-20-32)33-21-13-6-14-22-33;/h3-22H,2,23-29H2,1H3;1H. The minimum atomic E-state index is -0.430. The molecule has 0 aliphatic carbocycles. The zero-order valence-electron chi connectivity index (χ0n) is 23.4. The van der Waals surface area contributed by atoms with E-state index in [9.17, 15) is 4.79 Å². The van der Waals surface area contributed by atoms with Gasteiger partial charge in [0.1, 0.15) is 5.60 Å². The predicted octanol–water partition coefficient (Wildman–Crippen LogP) is 7.86. The number of carbonyl (C=O) groups excluding carboxylic acids is 1. The van der Waals surface area contributed by atoms with E-state index >= 15 is 0 Å². The van der Waals surface area contributed by atoms with E-state index in [1.165, 1.54) is 22.3 Å². The molecule has 1 aliphatic heterocycles. The Morgan fingerprint density at radius 1 is 0.725 bits per heavy atom. The zero-order valence-corrected chi connectivity index (χ0v) is 24.2. The lowest BCUT2D eigenvalue weighted by molar-refractivity contribution is -0.164. The first kappa shape index (κ1) is 29.6. The third-order valence-electron chi connectivity index (χ3n) is 8.36. The molecule has 1 aliphatic rings. The third kappa shape index (κ3) is 6.66. The molecule has 1 saturated heterocycles. The van der Waals surface area contributed by atoms with Crippen molar-refractivity contribution in [1.29, 1.82) is 0 Å². The molecule has 4 aromatic rings. The van der Waals surface area contributed by atoms with Crippen molar-refractivity contribution < 1.29 is 9.53 Å². The van der Waals surface area contributed by atoms with Gasteiger partial charge in [-0.1, -0.05) is 128 Å². The number of rotatable bonds is 10. The maximum absolute atomic E-state index is 12.4. The van der Waals surface area contributed by atoms with Crippen molar-refractivity contribution in [2.75, 3.05) is 19.6 Å². The number of piperidine rings is 1. The van der Waals surface area contributed by atoms with Gasteiger partial charge in [0.25, 0.3) is 0 Å². The first-order valence-electron chi connectivity index (χ1n) is 14.3. The topological polar surface area (TPSA) is 29.5 Å². The normalized spacial score (nSPS) is 15.1. The smallest absolute Gasteiger partial charge is 0.306 e. The lowest BCUT2D eigenvalue weighted by atomic mass is 9.67. The van der Waals surface area contributed by atoms with E-state index in [2.05, 4.69) is 120 Å². The molecule has 0 unspecified atom stereocenters. The number of hydrogen-bond acceptors (Lipinski definition) is 3. The van der Waals surface area contributed by atoms with Gasteiger partial charge in [0, 0.05) is 44.2 Å². The SMILES string of the molecule is CCC(=O)OC1(Cc2ccccc2)CCN(CCC(c2ccccc2)(c2ccccc2)c2ccccc2)CC1.Cl. The van der Waals surface area contributed by atoms with E-state index in [0.29, 0.717) is 6.42 Å². The van der Waals surface area contributed by atoms with Gasteiger partial charge in [-0.05, 0) is 35.2 Å². The number of halogens is 1. The predicted molar refractivity (Wildman–Crippen MR) is 166 cm³/mol. The van der Waals surface area contributed by atoms with E-state index in [1.807, 2.05) is 13.0 Å². The van der Waals surface area contributed by atoms with Crippen molar-refractivity contribution in [2.45, 2.75) is 50.0 Å². The van der Waals surface area contributed by atoms with Crippen LogP contribution >= 0.6 is 12.4 Å². The highest BCUT2D eigenvalue weighted by Gasteiger charge is 2.40. The second kappa shape index (κ2) is 13.8. The Kier molecular flexibility index (Phi) is 10.2. The first-order chi connectivity index (χ1) is 19.1. The van der Waals surface area contributed by atoms with E-state index in [-0.39, 0.29) is 23.8 Å². The summed E-state index contributed by atoms with van der Waals surface area (Å²) >= 11 is 0. The minimum Gasteiger partial charge on any atom is -0.459 e. The molecule has 0 atom stereocenters. The average molecular weight is 554 g/mol. The fourth-order valence-corrected chi connectivity index (χ4v) is 6.21. The molecule has 0 N–H and O–H groups in total. The number of benzene rings is 4. The Labute approximate surface area is 245 Å². The molecule has 0 aromatic heterocycles. The molecule has 40 heavy (non-hydrogen) atoms. The molecular weight excluding hydrogens is 514 g/mol. The van der Waals surface area contributed by atoms with Crippen LogP contribution in [0.4, 0.5) is 0 Å². The second-order valence-corrected chi connectivity index (χ2v) is 10.8. The summed E-state index contributed by atoms with van der Waals surface area (Å²) in [5.74, 6) is -0.101. The van der Waals surface area contributed by atoms with Gasteiger partial charge in [0.2, 0.25) is 0 Å². The molecule has 208 valence electrons. The minimum absolute atomic E-state index is 0. The summed E-state index contributed by atoms with van der Waals surface area (Å²) in [4.78, 5) is 15.0. The number of likely N-dealkylation sites (tertiary alicyclic amines) is 1. The van der Waals surface area contributed by atoms with E-state index in [0.717, 1.165) is 45.3 Å². The Morgan fingerprint density at radius 2 is 1.15 bits per heavy atom. The van der Waals surface area contributed by atoms with Crippen LogP contribution in [0, 0.1) is 0 Å². The molecule has 0 bridgehead atoms. The number of nitrogens with zero attached hydrogens (tertiary/aromatic N) is 1. The molecule has 5 rings (SSSR count). The highest BCUT2D eigenvalue weighted by Crippen LogP contribution is 2.43. The van der Waals surface area contributed by atoms with Crippen molar-refractivity contribution in [3.63, 3.8) is 0 Å². The molecule has 1 heterocycles. The molecule has 0 saturated carbocycles. The quantitative estimate of drug-likeness (QED) is 0.148. The Balaban J connectivity index is 0.00000370. The van der Waals surface area contributed by atoms with Crippen molar-refractivity contribution in [3.8, 4) is 0 Å². The maximum Gasteiger partial charge on any atom is 0.306 e. The molecule has 0 spiro atoms. The highest BCUT2D eigenvalue weighted by atomic mass is 35.5. The van der Waals surface area contributed by atoms with Crippen molar-refractivity contribution in [1.82, 2.24) is 4.90 Å². The monoisotopic (exact) mass is 553 g/mol. The molecule has 4 aromatic carbocycles. The molecule has 4 heteroatoms. The zero-order chi connectivity index (χ0) is 27.0. The summed E-state index contributed by atoms with van der Waals surface area (Å²) in [7, 11) is 0. The van der Waals surface area contributed by atoms with Gasteiger partial charge in [-0.3, -0.25) is 4.79 Å². The Morgan fingerprint density at radius 3 is 1.57 bits per heavy atom. The Hall–Kier alpha value is -3.40. The van der Waals surface area contributed by atoms with Crippen LogP contribution in [-0.2, 0) is 21.4 Å². The van der Waals surface area contributed by atoms with Gasteiger partial charge in [0.05, 0.1) is 0 Å². The number of carbonyl (C=O) groups is 1. The largest absolute Gasteiger partial charge is 0.459 e. The Bertz CT molecular complexity index is 1210. The highest BCUT2D eigenvalue weighted by molar-refractivity contribution is 5.85. The van der Waals surface area contributed by atoms with E-state index in [4.69, 9.17) is 4.74 Å². The van der Waals surface area contributed by atoms with Crippen LogP contribution in [0.3, 0.4) is 0 Å². The summed E-state index contributed by atoms with van der Waals surface area (Å²) < 4.78 is 6.17. The van der Waals surface area contributed by atoms with Crippen molar-refractivity contribution in [3.05, 3.63) is 144 Å². The van der Waals surface area contributed by atoms with Crippen molar-refractivity contribution in [2.24, 2.45) is 0 Å². The van der Waals surface area contributed by atoms with Crippen LogP contribution in [-0.4, -0.2) is 36.1 Å². The summed E-state index contributed by atoms with van der Waals surface area (Å²) in [6.07, 6.45) is 3.85. The van der Waals surface area contributed by atoms with Gasteiger partial charge in [-0.2, -0.15) is 0 Å². The summed E-state index contributed by atoms with van der Waals surface area (Å²) in [5.41, 5.74) is 4.49. The number of hydrogen-bond donors (Lipinski definition) is 0. The third-order valence-corrected chi connectivity index (χ3v) is 8.36. The first-order valence-corrected chi connectivity index (χ1v) is 14.3. The van der Waals surface area contributed by atoms with Gasteiger partial charge >= 0.3 is 5.97 Å². The number of ether oxygens (including phenoxy) is 1. The fourth-order valence-electron chi connectivity index (χ4n) is 6.21. The molecular formula is C36H40ClNO2.